The van der Waals surface area contributed by atoms with Gasteiger partial charge in [0, 0.05) is 17.2 Å². The van der Waals surface area contributed by atoms with Crippen molar-refractivity contribution in [2.24, 2.45) is 23.2 Å². The number of methoxy groups -OCH3 is 2. The summed E-state index contributed by atoms with van der Waals surface area (Å²) in [6, 6.07) is 3.56. The third kappa shape index (κ3) is 3.45. The molecule has 4 aliphatic carbocycles. The molecule has 4 fully saturated rings. The lowest BCUT2D eigenvalue weighted by Gasteiger charge is -2.55. The van der Waals surface area contributed by atoms with Gasteiger partial charge in [-0.05, 0) is 74.8 Å². The van der Waals surface area contributed by atoms with E-state index in [0.29, 0.717) is 34.9 Å². The van der Waals surface area contributed by atoms with Crippen molar-refractivity contribution in [3.8, 4) is 11.5 Å². The first kappa shape index (κ1) is 19.1. The topological polar surface area (TPSA) is 76.7 Å². The van der Waals surface area contributed by atoms with Crippen LogP contribution < -0.4 is 20.1 Å². The summed E-state index contributed by atoms with van der Waals surface area (Å²) >= 11 is 0. The van der Waals surface area contributed by atoms with Crippen molar-refractivity contribution in [2.75, 3.05) is 26.1 Å². The summed E-state index contributed by atoms with van der Waals surface area (Å²) in [4.78, 5) is 25.4. The van der Waals surface area contributed by atoms with Crippen LogP contribution in [0.5, 0.6) is 11.5 Å². The first-order valence-electron chi connectivity index (χ1n) is 10.2. The van der Waals surface area contributed by atoms with Crippen molar-refractivity contribution < 1.29 is 19.1 Å². The van der Waals surface area contributed by atoms with Crippen LogP contribution in [0.15, 0.2) is 12.1 Å². The second kappa shape index (κ2) is 7.30. The van der Waals surface area contributed by atoms with E-state index in [2.05, 4.69) is 10.6 Å². The standard InChI is InChI=1S/C22H30N2O4/c1-13-4-18(27-2)19(28-3)8-17(13)24-20(25)12-23-21(26)22-9-14-5-15(10-22)7-16(6-14)11-22/h4,8,14-16H,5-7,9-12H2,1-3H3,(H,23,26)(H,24,25). The molecular formula is C22H30N2O4. The molecule has 0 aliphatic heterocycles. The summed E-state index contributed by atoms with van der Waals surface area (Å²) in [5.41, 5.74) is 1.30. The number of benzene rings is 1. The third-order valence-corrected chi connectivity index (χ3v) is 6.93. The highest BCUT2D eigenvalue weighted by atomic mass is 16.5. The molecule has 152 valence electrons. The van der Waals surface area contributed by atoms with E-state index < -0.39 is 0 Å². The Labute approximate surface area is 166 Å². The molecule has 4 saturated carbocycles. The summed E-state index contributed by atoms with van der Waals surface area (Å²) in [5, 5.41) is 5.80. The van der Waals surface area contributed by atoms with E-state index in [1.807, 2.05) is 13.0 Å². The summed E-state index contributed by atoms with van der Waals surface area (Å²) in [5.74, 6) is 3.15. The number of carbonyl (C=O) groups is 2. The van der Waals surface area contributed by atoms with Crippen molar-refractivity contribution in [2.45, 2.75) is 45.4 Å². The van der Waals surface area contributed by atoms with E-state index in [9.17, 15) is 9.59 Å². The maximum absolute atomic E-state index is 13.0. The van der Waals surface area contributed by atoms with Gasteiger partial charge in [0.1, 0.15) is 0 Å². The molecule has 28 heavy (non-hydrogen) atoms. The van der Waals surface area contributed by atoms with Gasteiger partial charge in [-0.1, -0.05) is 0 Å². The summed E-state index contributed by atoms with van der Waals surface area (Å²) in [7, 11) is 3.14. The average molecular weight is 386 g/mol. The second-order valence-corrected chi connectivity index (χ2v) is 8.95. The molecule has 0 saturated heterocycles. The first-order valence-corrected chi connectivity index (χ1v) is 10.2. The van der Waals surface area contributed by atoms with E-state index in [0.717, 1.165) is 24.8 Å². The molecule has 0 spiro atoms. The largest absolute Gasteiger partial charge is 0.493 e. The van der Waals surface area contributed by atoms with E-state index >= 15 is 0 Å². The highest BCUT2D eigenvalue weighted by molar-refractivity contribution is 5.96. The Morgan fingerprint density at radius 2 is 1.54 bits per heavy atom. The van der Waals surface area contributed by atoms with Crippen molar-refractivity contribution in [1.29, 1.82) is 0 Å². The fourth-order valence-corrected chi connectivity index (χ4v) is 6.05. The Kier molecular flexibility index (Phi) is 4.98. The van der Waals surface area contributed by atoms with Gasteiger partial charge >= 0.3 is 0 Å². The van der Waals surface area contributed by atoms with Crippen molar-refractivity contribution in [3.05, 3.63) is 17.7 Å². The molecule has 0 heterocycles. The average Bonchev–Trinajstić information content (AvgIpc) is 2.66. The molecule has 4 bridgehead atoms. The highest BCUT2D eigenvalue weighted by Gasteiger charge is 2.54. The smallest absolute Gasteiger partial charge is 0.243 e. The van der Waals surface area contributed by atoms with Crippen LogP contribution in [0.3, 0.4) is 0 Å². The van der Waals surface area contributed by atoms with E-state index in [4.69, 9.17) is 9.47 Å². The Balaban J connectivity index is 1.37. The van der Waals surface area contributed by atoms with E-state index in [-0.39, 0.29) is 23.8 Å². The second-order valence-electron chi connectivity index (χ2n) is 8.95. The van der Waals surface area contributed by atoms with Crippen LogP contribution in [0.4, 0.5) is 5.69 Å². The highest BCUT2D eigenvalue weighted by Crippen LogP contribution is 2.60. The zero-order chi connectivity index (χ0) is 19.9. The number of hydrogen-bond donors (Lipinski definition) is 2. The number of nitrogens with one attached hydrogen (secondary N) is 2. The van der Waals surface area contributed by atoms with Gasteiger partial charge in [-0.25, -0.2) is 0 Å². The predicted molar refractivity (Wildman–Crippen MR) is 107 cm³/mol. The Morgan fingerprint density at radius 1 is 1.00 bits per heavy atom. The molecule has 0 unspecified atom stereocenters. The summed E-state index contributed by atoms with van der Waals surface area (Å²) in [6.45, 7) is 1.89. The zero-order valence-electron chi connectivity index (χ0n) is 17.0. The predicted octanol–water partition coefficient (Wildman–Crippen LogP) is 3.28. The van der Waals surface area contributed by atoms with Gasteiger partial charge in [0.15, 0.2) is 11.5 Å². The normalized spacial score (nSPS) is 30.0. The SMILES string of the molecule is COc1cc(C)c(NC(=O)CNC(=O)C23CC4CC(CC(C4)C2)C3)cc1OC. The number of anilines is 1. The van der Waals surface area contributed by atoms with Crippen LogP contribution in [0, 0.1) is 30.1 Å². The molecule has 2 N–H and O–H groups in total. The van der Waals surface area contributed by atoms with Gasteiger partial charge in [0.05, 0.1) is 20.8 Å². The molecule has 6 nitrogen and oxygen atoms in total. The lowest BCUT2D eigenvalue weighted by molar-refractivity contribution is -0.146. The van der Waals surface area contributed by atoms with Crippen LogP contribution in [0.25, 0.3) is 0 Å². The van der Waals surface area contributed by atoms with Gasteiger partial charge in [-0.3, -0.25) is 9.59 Å². The summed E-state index contributed by atoms with van der Waals surface area (Å²) in [6.07, 6.45) is 6.90. The molecule has 5 rings (SSSR count). The molecule has 0 radical (unpaired) electrons. The molecule has 6 heteroatoms. The van der Waals surface area contributed by atoms with E-state index in [1.165, 1.54) is 19.3 Å². The van der Waals surface area contributed by atoms with Gasteiger partial charge in [-0.15, -0.1) is 0 Å². The van der Waals surface area contributed by atoms with Gasteiger partial charge in [0.25, 0.3) is 0 Å². The van der Waals surface area contributed by atoms with Crippen LogP contribution >= 0.6 is 0 Å². The molecular weight excluding hydrogens is 356 g/mol. The minimum atomic E-state index is -0.228. The fraction of sp³-hybridized carbons (Fsp3) is 0.636. The number of ether oxygens (including phenoxy) is 2. The molecule has 4 aliphatic rings. The first-order chi connectivity index (χ1) is 13.4. The monoisotopic (exact) mass is 386 g/mol. The molecule has 1 aromatic rings. The number of hydrogen-bond acceptors (Lipinski definition) is 4. The fourth-order valence-electron chi connectivity index (χ4n) is 6.05. The van der Waals surface area contributed by atoms with Crippen LogP contribution in [-0.4, -0.2) is 32.6 Å². The van der Waals surface area contributed by atoms with Crippen LogP contribution in [0.1, 0.15) is 44.1 Å². The quantitative estimate of drug-likeness (QED) is 0.787. The van der Waals surface area contributed by atoms with Gasteiger partial charge in [-0.2, -0.15) is 0 Å². The van der Waals surface area contributed by atoms with Gasteiger partial charge < -0.3 is 20.1 Å². The number of carbonyl (C=O) groups excluding carboxylic acids is 2. The Hall–Kier alpha value is -2.24. The zero-order valence-corrected chi connectivity index (χ0v) is 17.0. The van der Waals surface area contributed by atoms with Crippen molar-refractivity contribution in [1.82, 2.24) is 5.32 Å². The number of aryl methyl sites for hydroxylation is 1. The minimum absolute atomic E-state index is 0.00559. The molecule has 0 atom stereocenters. The van der Waals surface area contributed by atoms with Gasteiger partial charge in [0.2, 0.25) is 11.8 Å². The van der Waals surface area contributed by atoms with Crippen molar-refractivity contribution >= 4 is 17.5 Å². The van der Waals surface area contributed by atoms with Crippen LogP contribution in [-0.2, 0) is 9.59 Å². The minimum Gasteiger partial charge on any atom is -0.493 e. The summed E-state index contributed by atoms with van der Waals surface area (Å²) < 4.78 is 10.6. The Morgan fingerprint density at radius 3 is 2.07 bits per heavy atom. The molecule has 0 aromatic heterocycles. The Bertz CT molecular complexity index is 754. The van der Waals surface area contributed by atoms with Crippen molar-refractivity contribution in [3.63, 3.8) is 0 Å². The number of rotatable bonds is 6. The lowest BCUT2D eigenvalue weighted by atomic mass is 9.49. The van der Waals surface area contributed by atoms with Crippen LogP contribution in [0.2, 0.25) is 0 Å². The lowest BCUT2D eigenvalue weighted by Crippen LogP contribution is -2.54. The molecule has 2 amide bonds. The number of amides is 2. The van der Waals surface area contributed by atoms with E-state index in [1.54, 1.807) is 20.3 Å². The molecule has 1 aromatic carbocycles. The third-order valence-electron chi connectivity index (χ3n) is 6.93. The maximum Gasteiger partial charge on any atom is 0.243 e. The maximum atomic E-state index is 13.0.